The van der Waals surface area contributed by atoms with E-state index in [0.717, 1.165) is 21.3 Å². The average molecular weight is 484 g/mol. The minimum atomic E-state index is -0.596. The third-order valence-corrected chi connectivity index (χ3v) is 6.39. The zero-order valence-electron chi connectivity index (χ0n) is 19.1. The van der Waals surface area contributed by atoms with Gasteiger partial charge in [0.05, 0.1) is 34.1 Å². The highest BCUT2D eigenvalue weighted by Gasteiger charge is 2.17. The number of amides is 1. The van der Waals surface area contributed by atoms with Crippen LogP contribution in [-0.4, -0.2) is 35.6 Å². The number of hydrogen-bond donors (Lipinski definition) is 1. The number of anilines is 1. The first-order valence-corrected chi connectivity index (χ1v) is 11.7. The number of para-hydroxylation sites is 1. The van der Waals surface area contributed by atoms with Crippen molar-refractivity contribution < 1.29 is 19.1 Å². The first kappa shape index (κ1) is 22.5. The second-order valence-corrected chi connectivity index (χ2v) is 8.95. The number of carbonyl (C=O) groups excluding carboxylic acids is 2. The number of methoxy groups -OCH3 is 1. The van der Waals surface area contributed by atoms with Crippen molar-refractivity contribution in [2.45, 2.75) is 6.92 Å². The van der Waals surface area contributed by atoms with Crippen LogP contribution in [0.4, 0.5) is 5.13 Å². The van der Waals surface area contributed by atoms with Gasteiger partial charge in [0.15, 0.2) is 11.7 Å². The van der Waals surface area contributed by atoms with Crippen LogP contribution in [0.5, 0.6) is 5.75 Å². The summed E-state index contributed by atoms with van der Waals surface area (Å²) >= 11 is 1.32. The number of nitrogens with zero attached hydrogens (tertiary/aromatic N) is 2. The van der Waals surface area contributed by atoms with Crippen LogP contribution in [0, 0.1) is 6.92 Å². The Hall–Kier alpha value is -4.30. The molecule has 174 valence electrons. The van der Waals surface area contributed by atoms with Gasteiger partial charge in [-0.05, 0) is 37.3 Å². The summed E-state index contributed by atoms with van der Waals surface area (Å²) in [6, 6.07) is 22.4. The molecule has 1 amide bonds. The van der Waals surface area contributed by atoms with Gasteiger partial charge in [-0.25, -0.2) is 14.8 Å². The summed E-state index contributed by atoms with van der Waals surface area (Å²) in [5.41, 5.74) is 4.45. The first-order valence-electron chi connectivity index (χ1n) is 10.9. The molecule has 35 heavy (non-hydrogen) atoms. The molecule has 2 heterocycles. The van der Waals surface area contributed by atoms with E-state index in [-0.39, 0.29) is 0 Å². The van der Waals surface area contributed by atoms with Crippen LogP contribution in [0.15, 0.2) is 72.8 Å². The second-order valence-electron chi connectivity index (χ2n) is 7.92. The minimum absolute atomic E-state index is 0.353. The van der Waals surface area contributed by atoms with E-state index in [1.807, 2.05) is 67.6 Å². The summed E-state index contributed by atoms with van der Waals surface area (Å²) in [5, 5.41) is 3.78. The molecule has 0 fully saturated rings. The van der Waals surface area contributed by atoms with E-state index in [0.29, 0.717) is 33.0 Å². The summed E-state index contributed by atoms with van der Waals surface area (Å²) < 4.78 is 11.5. The molecule has 0 atom stereocenters. The topological polar surface area (TPSA) is 90.4 Å². The zero-order chi connectivity index (χ0) is 24.4. The van der Waals surface area contributed by atoms with Gasteiger partial charge in [0.1, 0.15) is 5.75 Å². The van der Waals surface area contributed by atoms with Crippen molar-refractivity contribution in [1.82, 2.24) is 9.97 Å². The molecular formula is C27H21N3O4S. The largest absolute Gasteiger partial charge is 0.497 e. The summed E-state index contributed by atoms with van der Waals surface area (Å²) in [4.78, 5) is 34.6. The van der Waals surface area contributed by atoms with Crippen molar-refractivity contribution in [3.05, 3.63) is 83.9 Å². The molecule has 0 aliphatic rings. The van der Waals surface area contributed by atoms with Crippen LogP contribution in [0.3, 0.4) is 0 Å². The predicted molar refractivity (Wildman–Crippen MR) is 137 cm³/mol. The minimum Gasteiger partial charge on any atom is -0.497 e. The maximum absolute atomic E-state index is 13.0. The zero-order valence-corrected chi connectivity index (χ0v) is 19.9. The average Bonchev–Trinajstić information content (AvgIpc) is 3.28. The fourth-order valence-electron chi connectivity index (χ4n) is 3.67. The molecular weight excluding hydrogens is 462 g/mol. The molecule has 0 bridgehead atoms. The smallest absolute Gasteiger partial charge is 0.339 e. The standard InChI is InChI=1S/C27H21N3O4S/c1-16-7-9-17(10-8-16)23-14-20(19-5-3-4-6-21(19)28-23)26(32)34-15-25(31)30-27-29-22-12-11-18(33-2)13-24(22)35-27/h3-14H,15H2,1-2H3,(H,29,30,31). The molecule has 0 saturated heterocycles. The highest BCUT2D eigenvalue weighted by molar-refractivity contribution is 7.22. The van der Waals surface area contributed by atoms with Crippen molar-refractivity contribution in [2.75, 3.05) is 19.0 Å². The van der Waals surface area contributed by atoms with Gasteiger partial charge < -0.3 is 9.47 Å². The number of aromatic nitrogens is 2. The number of carbonyl (C=O) groups is 2. The lowest BCUT2D eigenvalue weighted by Crippen LogP contribution is -2.21. The van der Waals surface area contributed by atoms with Crippen LogP contribution in [0.2, 0.25) is 0 Å². The van der Waals surface area contributed by atoms with Gasteiger partial charge in [0, 0.05) is 10.9 Å². The Balaban J connectivity index is 1.33. The van der Waals surface area contributed by atoms with E-state index >= 15 is 0 Å². The fraction of sp³-hybridized carbons (Fsp3) is 0.111. The second kappa shape index (κ2) is 9.52. The summed E-state index contributed by atoms with van der Waals surface area (Å²) in [7, 11) is 1.59. The highest BCUT2D eigenvalue weighted by atomic mass is 32.1. The van der Waals surface area contributed by atoms with Crippen LogP contribution in [0.25, 0.3) is 32.4 Å². The lowest BCUT2D eigenvalue weighted by Gasteiger charge is -2.10. The van der Waals surface area contributed by atoms with Crippen LogP contribution >= 0.6 is 11.3 Å². The normalized spacial score (nSPS) is 10.9. The summed E-state index contributed by atoms with van der Waals surface area (Å²) in [6.45, 7) is 1.57. The lowest BCUT2D eigenvalue weighted by molar-refractivity contribution is -0.119. The summed E-state index contributed by atoms with van der Waals surface area (Å²) in [5.74, 6) is -0.356. The molecule has 0 unspecified atom stereocenters. The van der Waals surface area contributed by atoms with E-state index in [2.05, 4.69) is 10.3 Å². The molecule has 0 radical (unpaired) electrons. The van der Waals surface area contributed by atoms with Crippen molar-refractivity contribution in [1.29, 1.82) is 0 Å². The van der Waals surface area contributed by atoms with Gasteiger partial charge in [-0.3, -0.25) is 10.1 Å². The third-order valence-electron chi connectivity index (χ3n) is 5.46. The van der Waals surface area contributed by atoms with Crippen molar-refractivity contribution in [2.24, 2.45) is 0 Å². The van der Waals surface area contributed by atoms with Crippen LogP contribution in [-0.2, 0) is 9.53 Å². The molecule has 5 aromatic rings. The number of hydrogen-bond acceptors (Lipinski definition) is 7. The quantitative estimate of drug-likeness (QED) is 0.315. The highest BCUT2D eigenvalue weighted by Crippen LogP contribution is 2.29. The maximum atomic E-state index is 13.0. The van der Waals surface area contributed by atoms with Crippen molar-refractivity contribution >= 4 is 49.5 Å². The Labute approximate surface area is 205 Å². The maximum Gasteiger partial charge on any atom is 0.339 e. The van der Waals surface area contributed by atoms with Gasteiger partial charge in [-0.2, -0.15) is 0 Å². The van der Waals surface area contributed by atoms with Gasteiger partial charge in [-0.1, -0.05) is 59.4 Å². The Bertz CT molecular complexity index is 1560. The molecule has 0 spiro atoms. The van der Waals surface area contributed by atoms with E-state index < -0.39 is 18.5 Å². The Kier molecular flexibility index (Phi) is 6.12. The molecule has 1 N–H and O–H groups in total. The first-order chi connectivity index (χ1) is 17.0. The van der Waals surface area contributed by atoms with Gasteiger partial charge >= 0.3 is 5.97 Å². The number of aryl methyl sites for hydroxylation is 1. The Morgan fingerprint density at radius 3 is 2.54 bits per heavy atom. The van der Waals surface area contributed by atoms with Crippen molar-refractivity contribution in [3.63, 3.8) is 0 Å². The number of thiazole rings is 1. The number of fused-ring (bicyclic) bond motifs is 2. The van der Waals surface area contributed by atoms with E-state index in [4.69, 9.17) is 14.5 Å². The van der Waals surface area contributed by atoms with E-state index in [9.17, 15) is 9.59 Å². The third kappa shape index (κ3) is 4.83. The van der Waals surface area contributed by atoms with Crippen molar-refractivity contribution in [3.8, 4) is 17.0 Å². The number of rotatable bonds is 6. The molecule has 7 nitrogen and oxygen atoms in total. The number of pyridine rings is 1. The molecule has 0 aliphatic carbocycles. The van der Waals surface area contributed by atoms with Gasteiger partial charge in [-0.15, -0.1) is 0 Å². The van der Waals surface area contributed by atoms with Crippen LogP contribution < -0.4 is 10.1 Å². The van der Waals surface area contributed by atoms with Gasteiger partial charge in [0.25, 0.3) is 5.91 Å². The number of esters is 1. The molecule has 0 saturated carbocycles. The summed E-state index contributed by atoms with van der Waals surface area (Å²) in [6.07, 6.45) is 0. The Morgan fingerprint density at radius 1 is 0.943 bits per heavy atom. The number of nitrogens with one attached hydrogen (secondary N) is 1. The van der Waals surface area contributed by atoms with E-state index in [1.54, 1.807) is 19.2 Å². The lowest BCUT2D eigenvalue weighted by atomic mass is 10.0. The molecule has 5 rings (SSSR count). The molecule has 3 aromatic carbocycles. The number of benzene rings is 3. The molecule has 0 aliphatic heterocycles. The predicted octanol–water partition coefficient (Wildman–Crippen LogP) is 5.62. The van der Waals surface area contributed by atoms with Gasteiger partial charge in [0.2, 0.25) is 0 Å². The fourth-order valence-corrected chi connectivity index (χ4v) is 4.58. The monoisotopic (exact) mass is 483 g/mol. The van der Waals surface area contributed by atoms with Crippen LogP contribution in [0.1, 0.15) is 15.9 Å². The molecule has 8 heteroatoms. The molecule has 2 aromatic heterocycles. The SMILES string of the molecule is COc1ccc2nc(NC(=O)COC(=O)c3cc(-c4ccc(C)cc4)nc4ccccc34)sc2c1. The van der Waals surface area contributed by atoms with E-state index in [1.165, 1.54) is 11.3 Å². The Morgan fingerprint density at radius 2 is 1.74 bits per heavy atom. The number of ether oxygens (including phenoxy) is 2.